The Balaban J connectivity index is 2.42. The van der Waals surface area contributed by atoms with Gasteiger partial charge >= 0.3 is 0 Å². The van der Waals surface area contributed by atoms with Crippen LogP contribution in [-0.2, 0) is 9.84 Å². The Labute approximate surface area is 121 Å². The lowest BCUT2D eigenvalue weighted by atomic mass is 10.0. The Morgan fingerprint density at radius 2 is 2.00 bits per heavy atom. The van der Waals surface area contributed by atoms with Gasteiger partial charge in [0.1, 0.15) is 0 Å². The predicted octanol–water partition coefficient (Wildman–Crippen LogP) is 2.04. The number of nitrogens with zero attached hydrogens (tertiary/aromatic N) is 1. The molecule has 20 heavy (non-hydrogen) atoms. The first-order valence-electron chi connectivity index (χ1n) is 7.24. The molecule has 1 aliphatic carbocycles. The molecule has 2 atom stereocenters. The van der Waals surface area contributed by atoms with E-state index in [0.717, 1.165) is 25.1 Å². The first-order valence-corrected chi connectivity index (χ1v) is 9.14. The fraction of sp³-hybridized carbons (Fsp3) is 0.600. The quantitative estimate of drug-likeness (QED) is 0.903. The van der Waals surface area contributed by atoms with E-state index >= 15 is 0 Å². The van der Waals surface area contributed by atoms with Gasteiger partial charge in [0, 0.05) is 18.8 Å². The van der Waals surface area contributed by atoms with E-state index in [4.69, 9.17) is 5.73 Å². The molecule has 1 saturated carbocycles. The molecule has 112 valence electrons. The van der Waals surface area contributed by atoms with E-state index in [1.165, 1.54) is 12.7 Å². The van der Waals surface area contributed by atoms with Gasteiger partial charge in [0.15, 0.2) is 9.84 Å². The molecule has 5 heteroatoms. The average Bonchev–Trinajstić information content (AvgIpc) is 2.87. The number of nitrogens with two attached hydrogens (primary N) is 1. The molecule has 2 rings (SSSR count). The Morgan fingerprint density at radius 3 is 2.60 bits per heavy atom. The summed E-state index contributed by atoms with van der Waals surface area (Å²) >= 11 is 0. The largest absolute Gasteiger partial charge is 0.367 e. The van der Waals surface area contributed by atoms with Crippen molar-refractivity contribution in [2.75, 3.05) is 24.2 Å². The van der Waals surface area contributed by atoms with Gasteiger partial charge in [-0.3, -0.25) is 0 Å². The smallest absolute Gasteiger partial charge is 0.177 e. The lowest BCUT2D eigenvalue weighted by Gasteiger charge is -2.34. The molecule has 0 saturated heterocycles. The zero-order valence-electron chi connectivity index (χ0n) is 12.2. The van der Waals surface area contributed by atoms with Crippen LogP contribution in [0.25, 0.3) is 0 Å². The number of rotatable bonds is 5. The van der Waals surface area contributed by atoms with Gasteiger partial charge in [0.25, 0.3) is 0 Å². The van der Waals surface area contributed by atoms with E-state index in [1.807, 2.05) is 12.1 Å². The van der Waals surface area contributed by atoms with Gasteiger partial charge in [-0.1, -0.05) is 18.6 Å². The van der Waals surface area contributed by atoms with Gasteiger partial charge in [-0.25, -0.2) is 8.42 Å². The summed E-state index contributed by atoms with van der Waals surface area (Å²) in [7, 11) is -3.22. The highest BCUT2D eigenvalue weighted by molar-refractivity contribution is 7.90. The monoisotopic (exact) mass is 296 g/mol. The summed E-state index contributed by atoms with van der Waals surface area (Å²) in [5.41, 5.74) is 6.70. The second kappa shape index (κ2) is 6.14. The molecule has 2 N–H and O–H groups in total. The zero-order valence-corrected chi connectivity index (χ0v) is 13.1. The van der Waals surface area contributed by atoms with Crippen LogP contribution in [0.15, 0.2) is 29.2 Å². The third kappa shape index (κ3) is 2.99. The van der Waals surface area contributed by atoms with Crippen LogP contribution in [0.2, 0.25) is 0 Å². The van der Waals surface area contributed by atoms with Crippen molar-refractivity contribution >= 4 is 15.5 Å². The summed E-state index contributed by atoms with van der Waals surface area (Å²) in [4.78, 5) is 2.64. The third-order valence-corrected chi connectivity index (χ3v) is 5.38. The van der Waals surface area contributed by atoms with E-state index in [0.29, 0.717) is 23.4 Å². The molecule has 0 radical (unpaired) electrons. The second-order valence-corrected chi connectivity index (χ2v) is 7.50. The zero-order chi connectivity index (χ0) is 14.8. The maximum atomic E-state index is 12.0. The molecule has 0 aromatic heterocycles. The molecule has 1 aromatic rings. The fourth-order valence-electron chi connectivity index (χ4n) is 3.29. The number of benzene rings is 1. The van der Waals surface area contributed by atoms with Crippen molar-refractivity contribution in [2.45, 2.75) is 37.1 Å². The van der Waals surface area contributed by atoms with Crippen molar-refractivity contribution in [3.63, 3.8) is 0 Å². The summed E-state index contributed by atoms with van der Waals surface area (Å²) < 4.78 is 24.0. The van der Waals surface area contributed by atoms with Crippen molar-refractivity contribution < 1.29 is 8.42 Å². The molecule has 0 heterocycles. The molecule has 1 aromatic carbocycles. The van der Waals surface area contributed by atoms with Crippen molar-refractivity contribution in [3.05, 3.63) is 24.3 Å². The summed E-state index contributed by atoms with van der Waals surface area (Å²) in [6.07, 6.45) is 4.67. The van der Waals surface area contributed by atoms with E-state index in [1.54, 1.807) is 12.1 Å². The van der Waals surface area contributed by atoms with Gasteiger partial charge in [-0.15, -0.1) is 0 Å². The normalized spacial score (nSPS) is 22.9. The number of anilines is 1. The average molecular weight is 296 g/mol. The highest BCUT2D eigenvalue weighted by Crippen LogP contribution is 2.35. The maximum absolute atomic E-state index is 12.0. The number of para-hydroxylation sites is 1. The summed E-state index contributed by atoms with van der Waals surface area (Å²) in [6.45, 7) is 3.54. The van der Waals surface area contributed by atoms with Crippen molar-refractivity contribution in [1.29, 1.82) is 0 Å². The lowest BCUT2D eigenvalue weighted by Crippen LogP contribution is -2.41. The molecule has 0 bridgehead atoms. The highest BCUT2D eigenvalue weighted by atomic mass is 32.2. The van der Waals surface area contributed by atoms with Gasteiger partial charge in [-0.05, 0) is 44.4 Å². The fourth-order valence-corrected chi connectivity index (χ4v) is 4.18. The van der Waals surface area contributed by atoms with E-state index in [-0.39, 0.29) is 0 Å². The maximum Gasteiger partial charge on any atom is 0.177 e. The lowest BCUT2D eigenvalue weighted by molar-refractivity contribution is 0.460. The Morgan fingerprint density at radius 1 is 1.30 bits per heavy atom. The van der Waals surface area contributed by atoms with Crippen molar-refractivity contribution in [2.24, 2.45) is 11.7 Å². The van der Waals surface area contributed by atoms with Crippen LogP contribution in [0.1, 0.15) is 26.2 Å². The molecule has 0 amide bonds. The molecular formula is C15H24N2O2S. The number of hydrogen-bond donors (Lipinski definition) is 1. The molecule has 1 aliphatic rings. The minimum atomic E-state index is -3.22. The minimum Gasteiger partial charge on any atom is -0.367 e. The predicted molar refractivity (Wildman–Crippen MR) is 82.8 cm³/mol. The molecule has 0 spiro atoms. The minimum absolute atomic E-state index is 0.355. The van der Waals surface area contributed by atoms with Gasteiger partial charge < -0.3 is 10.6 Å². The first kappa shape index (κ1) is 15.3. The van der Waals surface area contributed by atoms with Crippen molar-refractivity contribution in [3.8, 4) is 0 Å². The van der Waals surface area contributed by atoms with E-state index in [2.05, 4.69) is 11.8 Å². The Bertz CT molecular complexity index is 557. The summed E-state index contributed by atoms with van der Waals surface area (Å²) in [6, 6.07) is 7.64. The van der Waals surface area contributed by atoms with Crippen LogP contribution in [-0.4, -0.2) is 33.8 Å². The molecule has 4 nitrogen and oxygen atoms in total. The SMILES string of the molecule is CCN(c1ccccc1S(C)(=O)=O)C1CCCC1CN. The number of sulfone groups is 1. The highest BCUT2D eigenvalue weighted by Gasteiger charge is 2.32. The molecule has 2 unspecified atom stereocenters. The van der Waals surface area contributed by atoms with Gasteiger partial charge in [0.2, 0.25) is 0 Å². The number of hydrogen-bond acceptors (Lipinski definition) is 4. The Hall–Kier alpha value is -1.07. The molecule has 0 aliphatic heterocycles. The van der Waals surface area contributed by atoms with Gasteiger partial charge in [-0.2, -0.15) is 0 Å². The van der Waals surface area contributed by atoms with E-state index < -0.39 is 9.84 Å². The second-order valence-electron chi connectivity index (χ2n) is 5.52. The summed E-state index contributed by atoms with van der Waals surface area (Å²) in [5, 5.41) is 0. The van der Waals surface area contributed by atoms with Crippen LogP contribution in [0, 0.1) is 5.92 Å². The summed E-state index contributed by atoms with van der Waals surface area (Å²) in [5.74, 6) is 0.461. The van der Waals surface area contributed by atoms with Crippen LogP contribution < -0.4 is 10.6 Å². The standard InChI is InChI=1S/C15H24N2O2S/c1-3-17(13-9-6-7-12(13)11-16)14-8-4-5-10-15(14)20(2,18)19/h4-5,8,10,12-13H,3,6-7,9,11,16H2,1-2H3. The first-order chi connectivity index (χ1) is 9.49. The Kier molecular flexibility index (Phi) is 4.70. The van der Waals surface area contributed by atoms with Gasteiger partial charge in [0.05, 0.1) is 10.6 Å². The van der Waals surface area contributed by atoms with Crippen LogP contribution in [0.5, 0.6) is 0 Å². The third-order valence-electron chi connectivity index (χ3n) is 4.24. The molecule has 1 fully saturated rings. The van der Waals surface area contributed by atoms with Crippen LogP contribution in [0.3, 0.4) is 0 Å². The van der Waals surface area contributed by atoms with Crippen LogP contribution >= 0.6 is 0 Å². The topological polar surface area (TPSA) is 63.4 Å². The van der Waals surface area contributed by atoms with E-state index in [9.17, 15) is 8.42 Å². The molecular weight excluding hydrogens is 272 g/mol. The van der Waals surface area contributed by atoms with Crippen molar-refractivity contribution in [1.82, 2.24) is 0 Å². The van der Waals surface area contributed by atoms with Crippen LogP contribution in [0.4, 0.5) is 5.69 Å².